The number of esters is 1. The normalized spacial score (nSPS) is 15.7. The van der Waals surface area contributed by atoms with E-state index in [-0.39, 0.29) is 24.1 Å². The van der Waals surface area contributed by atoms with Gasteiger partial charge in [-0.2, -0.15) is 0 Å². The third kappa shape index (κ3) is 4.89. The molecule has 0 aliphatic carbocycles. The first kappa shape index (κ1) is 22.4. The summed E-state index contributed by atoms with van der Waals surface area (Å²) in [6.07, 6.45) is -0.556. The summed E-state index contributed by atoms with van der Waals surface area (Å²) in [5.41, 5.74) is 6.52. The topological polar surface area (TPSA) is 29.5 Å². The molecule has 2 aromatic rings. The predicted molar refractivity (Wildman–Crippen MR) is 116 cm³/mol. The summed E-state index contributed by atoms with van der Waals surface area (Å²) in [7, 11) is 0. The van der Waals surface area contributed by atoms with Crippen molar-refractivity contribution in [1.29, 1.82) is 0 Å². The van der Waals surface area contributed by atoms with E-state index >= 15 is 0 Å². The zero-order valence-electron chi connectivity index (χ0n) is 18.5. The summed E-state index contributed by atoms with van der Waals surface area (Å²) in [5, 5.41) is 0. The molecule has 0 amide bonds. The van der Waals surface area contributed by atoms with Gasteiger partial charge < -0.3 is 4.74 Å². The van der Waals surface area contributed by atoms with Crippen molar-refractivity contribution in [1.82, 2.24) is 4.90 Å². The zero-order valence-corrected chi connectivity index (χ0v) is 18.5. The van der Waals surface area contributed by atoms with Crippen LogP contribution in [0.25, 0.3) is 11.1 Å². The van der Waals surface area contributed by atoms with E-state index in [1.165, 1.54) is 0 Å². The Kier molecular flexibility index (Phi) is 6.91. The Morgan fingerprint density at radius 3 is 2.33 bits per heavy atom. The van der Waals surface area contributed by atoms with Gasteiger partial charge in [0, 0.05) is 19.6 Å². The summed E-state index contributed by atoms with van der Waals surface area (Å²) < 4.78 is 33.0. The van der Waals surface area contributed by atoms with Crippen LogP contribution in [-0.4, -0.2) is 36.7 Å². The van der Waals surface area contributed by atoms with Gasteiger partial charge in [-0.25, -0.2) is 8.78 Å². The molecule has 30 heavy (non-hydrogen) atoms. The van der Waals surface area contributed by atoms with Crippen molar-refractivity contribution in [3.63, 3.8) is 0 Å². The Bertz CT molecular complexity index is 912. The lowest BCUT2D eigenvalue weighted by molar-refractivity contribution is -0.143. The van der Waals surface area contributed by atoms with Crippen LogP contribution in [0.1, 0.15) is 54.0 Å². The Hall–Kier alpha value is -2.27. The summed E-state index contributed by atoms with van der Waals surface area (Å²) in [5.74, 6) is -0.852. The molecule has 0 bridgehead atoms. The van der Waals surface area contributed by atoms with Crippen LogP contribution in [0.5, 0.6) is 0 Å². The van der Waals surface area contributed by atoms with Crippen molar-refractivity contribution in [3.05, 3.63) is 57.9 Å². The Balaban J connectivity index is 1.91. The van der Waals surface area contributed by atoms with Crippen LogP contribution in [0.4, 0.5) is 8.78 Å². The molecule has 5 heteroatoms. The lowest BCUT2D eigenvalue weighted by Gasteiger charge is -2.34. The molecule has 1 heterocycles. The van der Waals surface area contributed by atoms with Gasteiger partial charge in [0.15, 0.2) is 0 Å². The summed E-state index contributed by atoms with van der Waals surface area (Å²) in [4.78, 5) is 14.0. The Morgan fingerprint density at radius 2 is 1.77 bits per heavy atom. The van der Waals surface area contributed by atoms with Crippen molar-refractivity contribution in [3.8, 4) is 11.1 Å². The van der Waals surface area contributed by atoms with E-state index in [0.717, 1.165) is 34.4 Å². The molecule has 3 rings (SSSR count). The Labute approximate surface area is 178 Å². The van der Waals surface area contributed by atoms with Crippen LogP contribution in [0, 0.1) is 26.6 Å². The molecule has 3 nitrogen and oxygen atoms in total. The molecule has 0 spiro atoms. The molecule has 0 aromatic heterocycles. The number of carbonyl (C=O) groups is 1. The van der Waals surface area contributed by atoms with Gasteiger partial charge in [-0.1, -0.05) is 19.1 Å². The number of likely N-dealkylation sites (tertiary alicyclic amines) is 1. The number of alkyl halides is 1. The first-order valence-electron chi connectivity index (χ1n) is 10.6. The monoisotopic (exact) mass is 415 g/mol. The number of halogens is 2. The van der Waals surface area contributed by atoms with Crippen LogP contribution in [0.15, 0.2) is 24.3 Å². The van der Waals surface area contributed by atoms with Crippen LogP contribution in [-0.2, 0) is 16.1 Å². The quantitative estimate of drug-likeness (QED) is 0.549. The average molecular weight is 416 g/mol. The zero-order chi connectivity index (χ0) is 22.0. The molecular formula is C25H31F2NO2. The summed E-state index contributed by atoms with van der Waals surface area (Å²) >= 11 is 0. The number of ether oxygens (including phenoxy) is 1. The highest BCUT2D eigenvalue weighted by Crippen LogP contribution is 2.34. The number of rotatable bonds is 7. The minimum atomic E-state index is -0.705. The molecular weight excluding hydrogens is 384 g/mol. The van der Waals surface area contributed by atoms with Crippen molar-refractivity contribution in [2.75, 3.05) is 19.7 Å². The molecule has 1 fully saturated rings. The lowest BCUT2D eigenvalue weighted by atomic mass is 9.88. The van der Waals surface area contributed by atoms with E-state index < -0.39 is 6.17 Å². The fraction of sp³-hybridized carbons (Fsp3) is 0.480. The molecule has 0 unspecified atom stereocenters. The van der Waals surface area contributed by atoms with E-state index in [9.17, 15) is 13.6 Å². The molecule has 1 aliphatic rings. The highest BCUT2D eigenvalue weighted by atomic mass is 19.1. The van der Waals surface area contributed by atoms with Crippen molar-refractivity contribution >= 4 is 5.97 Å². The number of benzene rings is 2. The molecule has 0 saturated carbocycles. The van der Waals surface area contributed by atoms with Crippen LogP contribution >= 0.6 is 0 Å². The summed E-state index contributed by atoms with van der Waals surface area (Å²) in [6.45, 7) is 11.6. The largest absolute Gasteiger partial charge is 0.466 e. The third-order valence-electron chi connectivity index (χ3n) is 5.79. The van der Waals surface area contributed by atoms with E-state index in [2.05, 4.69) is 30.9 Å². The van der Waals surface area contributed by atoms with Gasteiger partial charge in [0.1, 0.15) is 12.0 Å². The van der Waals surface area contributed by atoms with Gasteiger partial charge in [-0.15, -0.1) is 0 Å². The number of aryl methyl sites for hydroxylation is 3. The maximum Gasteiger partial charge on any atom is 0.306 e. The summed E-state index contributed by atoms with van der Waals surface area (Å²) in [6, 6.07) is 8.00. The smallest absolute Gasteiger partial charge is 0.306 e. The first-order valence-corrected chi connectivity index (χ1v) is 10.6. The van der Waals surface area contributed by atoms with Gasteiger partial charge in [-0.3, -0.25) is 9.69 Å². The maximum atomic E-state index is 14.9. The van der Waals surface area contributed by atoms with Crippen LogP contribution in [0.2, 0.25) is 0 Å². The lowest BCUT2D eigenvalue weighted by Crippen LogP contribution is -2.47. The molecule has 1 atom stereocenters. The number of hydrogen-bond donors (Lipinski definition) is 0. The SMILES string of the molecule is CCOC(=O)C[C@H](C)c1cc(-c2c(C)cc(CN3CC(F)C3)cc2C)cc(C)c1F. The van der Waals surface area contributed by atoms with Crippen molar-refractivity contribution in [2.24, 2.45) is 0 Å². The van der Waals surface area contributed by atoms with E-state index in [0.29, 0.717) is 30.8 Å². The minimum absolute atomic E-state index is 0.149. The van der Waals surface area contributed by atoms with Crippen LogP contribution in [0.3, 0.4) is 0 Å². The van der Waals surface area contributed by atoms with E-state index in [4.69, 9.17) is 4.74 Å². The fourth-order valence-corrected chi connectivity index (χ4v) is 4.37. The molecule has 1 aliphatic heterocycles. The van der Waals surface area contributed by atoms with E-state index in [1.807, 2.05) is 19.1 Å². The van der Waals surface area contributed by atoms with Gasteiger partial charge in [0.25, 0.3) is 0 Å². The highest BCUT2D eigenvalue weighted by Gasteiger charge is 2.26. The van der Waals surface area contributed by atoms with E-state index in [1.54, 1.807) is 13.8 Å². The second-order valence-corrected chi connectivity index (χ2v) is 8.50. The maximum absolute atomic E-state index is 14.9. The molecule has 1 saturated heterocycles. The third-order valence-corrected chi connectivity index (χ3v) is 5.79. The second kappa shape index (κ2) is 9.25. The minimum Gasteiger partial charge on any atom is -0.466 e. The second-order valence-electron chi connectivity index (χ2n) is 8.50. The van der Waals surface area contributed by atoms with Crippen molar-refractivity contribution < 1.29 is 18.3 Å². The van der Waals surface area contributed by atoms with Gasteiger partial charge in [0.05, 0.1) is 13.0 Å². The van der Waals surface area contributed by atoms with Gasteiger partial charge in [0.2, 0.25) is 0 Å². The molecule has 0 radical (unpaired) electrons. The standard InChI is InChI=1S/C25H31F2NO2/c1-6-30-23(29)10-15(2)22-11-20(9-18(5)25(22)27)24-16(3)7-19(8-17(24)4)12-28-13-21(26)14-28/h7-9,11,15,21H,6,10,12-14H2,1-5H3/t15-/m0/s1. The molecule has 162 valence electrons. The van der Waals surface area contributed by atoms with Gasteiger partial charge in [-0.05, 0) is 84.7 Å². The molecule has 0 N–H and O–H groups in total. The Morgan fingerprint density at radius 1 is 1.13 bits per heavy atom. The first-order chi connectivity index (χ1) is 14.2. The number of carbonyl (C=O) groups excluding carboxylic acids is 1. The van der Waals surface area contributed by atoms with Crippen molar-refractivity contribution in [2.45, 2.75) is 59.7 Å². The fourth-order valence-electron chi connectivity index (χ4n) is 4.37. The van der Waals surface area contributed by atoms with Crippen LogP contribution < -0.4 is 0 Å². The highest BCUT2D eigenvalue weighted by molar-refractivity contribution is 5.74. The average Bonchev–Trinajstić information content (AvgIpc) is 2.62. The number of nitrogens with zero attached hydrogens (tertiary/aromatic N) is 1. The number of hydrogen-bond acceptors (Lipinski definition) is 3. The van der Waals surface area contributed by atoms with Gasteiger partial charge >= 0.3 is 5.97 Å². The predicted octanol–water partition coefficient (Wildman–Crippen LogP) is 5.63. The molecule has 2 aromatic carbocycles.